The molecule has 5 N–H and O–H groups in total. The van der Waals surface area contributed by atoms with E-state index in [0.29, 0.717) is 17.8 Å². The van der Waals surface area contributed by atoms with Crippen molar-refractivity contribution in [3.05, 3.63) is 59.2 Å². The van der Waals surface area contributed by atoms with Gasteiger partial charge in [-0.1, -0.05) is 18.3 Å². The van der Waals surface area contributed by atoms with Crippen LogP contribution in [-0.2, 0) is 0 Å². The molecule has 2 aromatic carbocycles. The van der Waals surface area contributed by atoms with Gasteiger partial charge in [-0.3, -0.25) is 4.79 Å². The first-order valence-corrected chi connectivity index (χ1v) is 12.1. The first kappa shape index (κ1) is 23.2. The van der Waals surface area contributed by atoms with Crippen LogP contribution < -0.4 is 21.7 Å². The molecule has 6 nitrogen and oxygen atoms in total. The van der Waals surface area contributed by atoms with Gasteiger partial charge in [0.1, 0.15) is 0 Å². The zero-order valence-corrected chi connectivity index (χ0v) is 19.4. The summed E-state index contributed by atoms with van der Waals surface area (Å²) in [6.07, 6.45) is 5.99. The molecule has 0 aromatic heterocycles. The fourth-order valence-corrected chi connectivity index (χ4v) is 4.62. The molecule has 4 rings (SSSR count). The minimum Gasteiger partial charge on any atom is -0.399 e. The Morgan fingerprint density at radius 1 is 1.00 bits per heavy atom. The summed E-state index contributed by atoms with van der Waals surface area (Å²) in [5, 5.41) is 3.03. The van der Waals surface area contributed by atoms with Crippen molar-refractivity contribution in [3.8, 4) is 11.8 Å². The number of nitrogens with two attached hydrogens (primary N) is 2. The number of anilines is 2. The molecule has 33 heavy (non-hydrogen) atoms. The van der Waals surface area contributed by atoms with Crippen molar-refractivity contribution in [2.45, 2.75) is 38.1 Å². The van der Waals surface area contributed by atoms with Gasteiger partial charge in [-0.2, -0.15) is 0 Å². The van der Waals surface area contributed by atoms with Crippen molar-refractivity contribution in [3.63, 3.8) is 0 Å². The fraction of sp³-hybridized carbons (Fsp3) is 0.444. The van der Waals surface area contributed by atoms with Crippen LogP contribution in [0.2, 0.25) is 0 Å². The Labute approximate surface area is 197 Å². The van der Waals surface area contributed by atoms with Crippen LogP contribution in [0, 0.1) is 11.8 Å². The van der Waals surface area contributed by atoms with Gasteiger partial charge in [-0.15, -0.1) is 0 Å². The van der Waals surface area contributed by atoms with E-state index < -0.39 is 0 Å². The van der Waals surface area contributed by atoms with Gasteiger partial charge in [0.15, 0.2) is 0 Å². The Kier molecular flexibility index (Phi) is 7.87. The van der Waals surface area contributed by atoms with Gasteiger partial charge in [0, 0.05) is 49.0 Å². The number of piperidine rings is 2. The molecule has 0 aliphatic carbocycles. The van der Waals surface area contributed by atoms with E-state index >= 15 is 0 Å². The van der Waals surface area contributed by atoms with Crippen LogP contribution in [0.4, 0.5) is 11.4 Å². The van der Waals surface area contributed by atoms with Gasteiger partial charge in [0.25, 0.3) is 5.91 Å². The van der Waals surface area contributed by atoms with Crippen molar-refractivity contribution in [1.82, 2.24) is 10.2 Å². The second-order valence-electron chi connectivity index (χ2n) is 9.11. The maximum absolute atomic E-state index is 12.5. The molecule has 2 fully saturated rings. The summed E-state index contributed by atoms with van der Waals surface area (Å²) in [5.41, 5.74) is 16.4. The lowest BCUT2D eigenvalue weighted by molar-refractivity contribution is 0.0946. The summed E-state index contributed by atoms with van der Waals surface area (Å²) in [7, 11) is 0. The Morgan fingerprint density at radius 2 is 1.79 bits per heavy atom. The van der Waals surface area contributed by atoms with Gasteiger partial charge >= 0.3 is 0 Å². The number of hydrogen-bond acceptors (Lipinski definition) is 5. The van der Waals surface area contributed by atoms with Crippen molar-refractivity contribution >= 4 is 17.3 Å². The minimum absolute atomic E-state index is 0.0360. The number of nitrogens with zero attached hydrogens (tertiary/aromatic N) is 2. The van der Waals surface area contributed by atoms with E-state index in [0.717, 1.165) is 62.4 Å². The van der Waals surface area contributed by atoms with Crippen LogP contribution in [0.3, 0.4) is 0 Å². The number of rotatable bonds is 5. The van der Waals surface area contributed by atoms with E-state index in [4.69, 9.17) is 11.5 Å². The Hall–Kier alpha value is -3.01. The molecular formula is C27H35N5O. The van der Waals surface area contributed by atoms with Gasteiger partial charge in [0.2, 0.25) is 0 Å². The van der Waals surface area contributed by atoms with Crippen molar-refractivity contribution in [1.29, 1.82) is 0 Å². The fourth-order valence-electron chi connectivity index (χ4n) is 4.62. The SMILES string of the molecule is Nc1ccc(N2CCCC(N)C2)c(C#Cc2ccc(C(=O)NCCN3CCCCC3)cc2)c1. The van der Waals surface area contributed by atoms with Crippen LogP contribution in [0.1, 0.15) is 53.6 Å². The Morgan fingerprint density at radius 3 is 2.55 bits per heavy atom. The topological polar surface area (TPSA) is 87.6 Å². The highest BCUT2D eigenvalue weighted by atomic mass is 16.1. The predicted molar refractivity (Wildman–Crippen MR) is 135 cm³/mol. The number of hydrogen-bond donors (Lipinski definition) is 3. The molecule has 1 unspecified atom stereocenters. The molecule has 174 valence electrons. The standard InChI is InChI=1S/C27H35N5O/c28-24-12-13-26(32-17-4-5-25(29)20-32)23(19-24)11-8-21-6-9-22(10-7-21)27(33)30-14-18-31-15-2-1-3-16-31/h6-7,9-10,12-13,19,25H,1-5,14-18,20,28-29H2,(H,30,33). The van der Waals surface area contributed by atoms with Crippen LogP contribution >= 0.6 is 0 Å². The van der Waals surface area contributed by atoms with Crippen molar-refractivity contribution < 1.29 is 4.79 Å². The molecule has 0 bridgehead atoms. The van der Waals surface area contributed by atoms with Crippen LogP contribution in [0.5, 0.6) is 0 Å². The molecule has 2 aliphatic rings. The molecule has 6 heteroatoms. The smallest absolute Gasteiger partial charge is 0.251 e. The van der Waals surface area contributed by atoms with Crippen molar-refractivity contribution in [2.75, 3.05) is 49.9 Å². The number of carbonyl (C=O) groups is 1. The van der Waals surface area contributed by atoms with Gasteiger partial charge < -0.3 is 26.6 Å². The maximum Gasteiger partial charge on any atom is 0.251 e. The molecule has 2 heterocycles. The lowest BCUT2D eigenvalue weighted by Gasteiger charge is -2.33. The van der Waals surface area contributed by atoms with E-state index in [2.05, 4.69) is 27.0 Å². The first-order valence-electron chi connectivity index (χ1n) is 12.1. The molecule has 1 atom stereocenters. The predicted octanol–water partition coefficient (Wildman–Crippen LogP) is 2.81. The van der Waals surface area contributed by atoms with Gasteiger partial charge in [-0.25, -0.2) is 0 Å². The largest absolute Gasteiger partial charge is 0.399 e. The molecule has 1 amide bonds. The van der Waals surface area contributed by atoms with E-state index in [1.807, 2.05) is 42.5 Å². The number of carbonyl (C=O) groups excluding carboxylic acids is 1. The zero-order chi connectivity index (χ0) is 23.0. The van der Waals surface area contributed by atoms with Gasteiger partial charge in [0.05, 0.1) is 11.3 Å². The van der Waals surface area contributed by atoms with Crippen LogP contribution in [0.15, 0.2) is 42.5 Å². The molecule has 2 aliphatic heterocycles. The molecule has 2 saturated heterocycles. The van der Waals surface area contributed by atoms with E-state index in [1.165, 1.54) is 19.3 Å². The first-order chi connectivity index (χ1) is 16.1. The third-order valence-electron chi connectivity index (χ3n) is 6.47. The molecule has 0 radical (unpaired) electrons. The summed E-state index contributed by atoms with van der Waals surface area (Å²) in [5.74, 6) is 6.48. The molecular weight excluding hydrogens is 410 g/mol. The summed E-state index contributed by atoms with van der Waals surface area (Å²) in [6.45, 7) is 5.69. The number of nitrogens with one attached hydrogen (secondary N) is 1. The molecule has 0 spiro atoms. The average Bonchev–Trinajstić information content (AvgIpc) is 2.84. The van der Waals surface area contributed by atoms with E-state index in [9.17, 15) is 4.79 Å². The zero-order valence-electron chi connectivity index (χ0n) is 19.4. The number of benzene rings is 2. The molecule has 2 aromatic rings. The average molecular weight is 446 g/mol. The highest BCUT2D eigenvalue weighted by Gasteiger charge is 2.19. The number of nitrogen functional groups attached to an aromatic ring is 1. The summed E-state index contributed by atoms with van der Waals surface area (Å²) in [4.78, 5) is 17.2. The highest BCUT2D eigenvalue weighted by Crippen LogP contribution is 2.25. The monoisotopic (exact) mass is 445 g/mol. The second kappa shape index (κ2) is 11.2. The molecule has 0 saturated carbocycles. The third-order valence-corrected chi connectivity index (χ3v) is 6.47. The van der Waals surface area contributed by atoms with Crippen LogP contribution in [-0.4, -0.2) is 56.1 Å². The lowest BCUT2D eigenvalue weighted by Crippen LogP contribution is -2.43. The lowest BCUT2D eigenvalue weighted by atomic mass is 10.0. The summed E-state index contributed by atoms with van der Waals surface area (Å²) < 4.78 is 0. The summed E-state index contributed by atoms with van der Waals surface area (Å²) >= 11 is 0. The van der Waals surface area contributed by atoms with Gasteiger partial charge in [-0.05, 0) is 81.2 Å². The quantitative estimate of drug-likeness (QED) is 0.487. The van der Waals surface area contributed by atoms with E-state index in [-0.39, 0.29) is 11.9 Å². The second-order valence-corrected chi connectivity index (χ2v) is 9.11. The number of amides is 1. The Bertz CT molecular complexity index is 1000. The summed E-state index contributed by atoms with van der Waals surface area (Å²) in [6, 6.07) is 13.5. The normalized spacial score (nSPS) is 18.9. The van der Waals surface area contributed by atoms with Crippen molar-refractivity contribution in [2.24, 2.45) is 5.73 Å². The Balaban J connectivity index is 1.38. The highest BCUT2D eigenvalue weighted by molar-refractivity contribution is 5.94. The maximum atomic E-state index is 12.5. The van der Waals surface area contributed by atoms with E-state index in [1.54, 1.807) is 0 Å². The third kappa shape index (κ3) is 6.50. The van der Waals surface area contributed by atoms with Crippen LogP contribution in [0.25, 0.3) is 0 Å². The minimum atomic E-state index is -0.0360. The number of likely N-dealkylation sites (tertiary alicyclic amines) is 1.